The molecule has 31 heavy (non-hydrogen) atoms. The Kier molecular flexibility index (Phi) is 7.74. The second-order valence-corrected chi connectivity index (χ2v) is 7.79. The Morgan fingerprint density at radius 3 is 2.48 bits per heavy atom. The minimum Gasteiger partial charge on any atom is -1.00 e. The topological polar surface area (TPSA) is 54.9 Å². The monoisotopic (exact) mass is 490 g/mol. The highest BCUT2D eigenvalue weighted by molar-refractivity contribution is 6.49. The van der Waals surface area contributed by atoms with Crippen LogP contribution in [0.15, 0.2) is 66.9 Å². The molecule has 0 aliphatic carbocycles. The van der Waals surface area contributed by atoms with Crippen molar-refractivity contribution in [2.75, 3.05) is 6.54 Å². The standard InChI is InChI=1S/C23H16Cl3N3O.ClH/c24-18-9-8-16(21(25)22(18)26)20-13-17(15-6-1-2-7-19(15)29-20)23(30)28-12-10-14-5-3-4-11-27-14;/h1-9,11,13H,10,12H2,(H,28,30);1H/p-1. The summed E-state index contributed by atoms with van der Waals surface area (Å²) < 4.78 is 0. The maximum absolute atomic E-state index is 13.0. The first-order valence-electron chi connectivity index (χ1n) is 9.26. The molecule has 1 N–H and O–H groups in total. The number of pyridine rings is 2. The summed E-state index contributed by atoms with van der Waals surface area (Å²) in [6.45, 7) is 0.468. The van der Waals surface area contributed by atoms with Gasteiger partial charge in [0.15, 0.2) is 0 Å². The van der Waals surface area contributed by atoms with Gasteiger partial charge in [0.2, 0.25) is 0 Å². The lowest BCUT2D eigenvalue weighted by molar-refractivity contribution is -0.0000142. The predicted molar refractivity (Wildman–Crippen MR) is 122 cm³/mol. The normalized spacial score (nSPS) is 10.5. The molecule has 0 aliphatic rings. The number of nitrogens with zero attached hydrogens (tertiary/aromatic N) is 2. The summed E-state index contributed by atoms with van der Waals surface area (Å²) in [6.07, 6.45) is 2.38. The lowest BCUT2D eigenvalue weighted by Crippen LogP contribution is -3.00. The Morgan fingerprint density at radius 2 is 1.71 bits per heavy atom. The zero-order chi connectivity index (χ0) is 21.1. The average Bonchev–Trinajstić information content (AvgIpc) is 2.77. The van der Waals surface area contributed by atoms with E-state index in [2.05, 4.69) is 15.3 Å². The van der Waals surface area contributed by atoms with Gasteiger partial charge in [0, 0.05) is 35.8 Å². The number of benzene rings is 2. The van der Waals surface area contributed by atoms with Crippen LogP contribution in [0.5, 0.6) is 0 Å². The van der Waals surface area contributed by atoms with Gasteiger partial charge in [-0.15, -0.1) is 0 Å². The zero-order valence-electron chi connectivity index (χ0n) is 16.1. The molecule has 0 unspecified atom stereocenters. The smallest absolute Gasteiger partial charge is 0.252 e. The highest BCUT2D eigenvalue weighted by Crippen LogP contribution is 2.38. The summed E-state index contributed by atoms with van der Waals surface area (Å²) >= 11 is 18.7. The first-order chi connectivity index (χ1) is 14.5. The van der Waals surface area contributed by atoms with E-state index in [4.69, 9.17) is 34.8 Å². The van der Waals surface area contributed by atoms with Gasteiger partial charge in [0.25, 0.3) is 5.91 Å². The maximum atomic E-state index is 13.0. The molecule has 2 heterocycles. The van der Waals surface area contributed by atoms with Crippen LogP contribution in [0.4, 0.5) is 0 Å². The average molecular weight is 492 g/mol. The van der Waals surface area contributed by atoms with Crippen molar-refractivity contribution in [1.29, 1.82) is 0 Å². The van der Waals surface area contributed by atoms with Crippen molar-refractivity contribution < 1.29 is 17.2 Å². The number of fused-ring (bicyclic) bond motifs is 1. The third-order valence-corrected chi connectivity index (χ3v) is 5.96. The number of hydrogen-bond acceptors (Lipinski definition) is 3. The van der Waals surface area contributed by atoms with E-state index >= 15 is 0 Å². The first kappa shape index (κ1) is 23.3. The number of para-hydroxylation sites is 1. The van der Waals surface area contributed by atoms with Crippen molar-refractivity contribution in [1.82, 2.24) is 15.3 Å². The summed E-state index contributed by atoms with van der Waals surface area (Å²) in [5.74, 6) is -0.193. The molecular formula is C23H16Cl4N3O-. The van der Waals surface area contributed by atoms with Gasteiger partial charge in [0.05, 0.1) is 31.8 Å². The predicted octanol–water partition coefficient (Wildman–Crippen LogP) is 3.23. The van der Waals surface area contributed by atoms with E-state index in [1.165, 1.54) is 0 Å². The Hall–Kier alpha value is -2.37. The molecule has 1 amide bonds. The first-order valence-corrected chi connectivity index (χ1v) is 10.4. The van der Waals surface area contributed by atoms with Crippen LogP contribution in [0.2, 0.25) is 15.1 Å². The number of amides is 1. The molecule has 158 valence electrons. The van der Waals surface area contributed by atoms with E-state index in [1.54, 1.807) is 24.4 Å². The third-order valence-electron chi connectivity index (χ3n) is 4.66. The van der Waals surface area contributed by atoms with Crippen molar-refractivity contribution in [3.8, 4) is 11.3 Å². The van der Waals surface area contributed by atoms with Gasteiger partial charge < -0.3 is 17.7 Å². The Balaban J connectivity index is 0.00000272. The molecule has 0 radical (unpaired) electrons. The Labute approximate surface area is 201 Å². The number of aromatic nitrogens is 2. The second kappa shape index (κ2) is 10.3. The van der Waals surface area contributed by atoms with Crippen molar-refractivity contribution >= 4 is 51.6 Å². The molecule has 4 rings (SSSR count). The number of hydrogen-bond donors (Lipinski definition) is 1. The molecule has 8 heteroatoms. The largest absolute Gasteiger partial charge is 1.00 e. The fourth-order valence-corrected chi connectivity index (χ4v) is 3.80. The van der Waals surface area contributed by atoms with E-state index in [1.807, 2.05) is 42.5 Å². The number of carbonyl (C=O) groups excluding carboxylic acids is 1. The van der Waals surface area contributed by atoms with Gasteiger partial charge in [0.1, 0.15) is 0 Å². The highest BCUT2D eigenvalue weighted by atomic mass is 35.5. The van der Waals surface area contributed by atoms with Gasteiger partial charge in [-0.3, -0.25) is 9.78 Å². The van der Waals surface area contributed by atoms with Crippen LogP contribution in [0.25, 0.3) is 22.2 Å². The van der Waals surface area contributed by atoms with Crippen molar-refractivity contribution in [3.05, 3.63) is 93.2 Å². The molecule has 4 nitrogen and oxygen atoms in total. The Bertz CT molecular complexity index is 1230. The molecule has 2 aromatic heterocycles. The van der Waals surface area contributed by atoms with Crippen molar-refractivity contribution in [2.45, 2.75) is 6.42 Å². The Morgan fingerprint density at radius 1 is 0.935 bits per heavy atom. The van der Waals surface area contributed by atoms with Crippen LogP contribution in [0.1, 0.15) is 16.1 Å². The fourth-order valence-electron chi connectivity index (χ4n) is 3.17. The molecule has 0 saturated carbocycles. The van der Waals surface area contributed by atoms with E-state index in [0.717, 1.165) is 11.1 Å². The molecule has 0 atom stereocenters. The quantitative estimate of drug-likeness (QED) is 0.436. The number of nitrogens with one attached hydrogen (secondary N) is 1. The van der Waals surface area contributed by atoms with Gasteiger partial charge in [-0.1, -0.05) is 59.1 Å². The van der Waals surface area contributed by atoms with E-state index < -0.39 is 0 Å². The van der Waals surface area contributed by atoms with Crippen LogP contribution in [0, 0.1) is 0 Å². The summed E-state index contributed by atoms with van der Waals surface area (Å²) in [7, 11) is 0. The molecule has 0 bridgehead atoms. The van der Waals surface area contributed by atoms with E-state index in [-0.39, 0.29) is 23.3 Å². The summed E-state index contributed by atoms with van der Waals surface area (Å²) in [5, 5.41) is 4.64. The van der Waals surface area contributed by atoms with Crippen molar-refractivity contribution in [2.24, 2.45) is 0 Å². The SMILES string of the molecule is O=C(NCCc1ccccn1)c1cc(-c2ccc(Cl)c(Cl)c2Cl)nc2ccccc12.[Cl-]. The maximum Gasteiger partial charge on any atom is 0.252 e. The van der Waals surface area contributed by atoms with E-state index in [0.29, 0.717) is 45.3 Å². The van der Waals surface area contributed by atoms with Crippen LogP contribution < -0.4 is 17.7 Å². The van der Waals surface area contributed by atoms with Crippen LogP contribution >= 0.6 is 34.8 Å². The van der Waals surface area contributed by atoms with Gasteiger partial charge >= 0.3 is 0 Å². The van der Waals surface area contributed by atoms with Crippen LogP contribution in [-0.4, -0.2) is 22.4 Å². The summed E-state index contributed by atoms with van der Waals surface area (Å²) in [6, 6.07) is 18.3. The highest BCUT2D eigenvalue weighted by Gasteiger charge is 2.17. The van der Waals surface area contributed by atoms with Gasteiger partial charge in [-0.25, -0.2) is 4.98 Å². The number of halogens is 4. The number of carbonyl (C=O) groups is 1. The lowest BCUT2D eigenvalue weighted by atomic mass is 10.0. The molecular weight excluding hydrogens is 476 g/mol. The lowest BCUT2D eigenvalue weighted by Gasteiger charge is -2.12. The van der Waals surface area contributed by atoms with Gasteiger partial charge in [-0.2, -0.15) is 0 Å². The minimum absolute atomic E-state index is 0. The van der Waals surface area contributed by atoms with E-state index in [9.17, 15) is 4.79 Å². The second-order valence-electron chi connectivity index (χ2n) is 6.62. The molecule has 2 aromatic carbocycles. The summed E-state index contributed by atoms with van der Waals surface area (Å²) in [4.78, 5) is 21.9. The molecule has 4 aromatic rings. The van der Waals surface area contributed by atoms with Crippen LogP contribution in [-0.2, 0) is 6.42 Å². The molecule has 0 aliphatic heterocycles. The number of rotatable bonds is 5. The minimum atomic E-state index is -0.193. The molecule has 0 saturated heterocycles. The summed E-state index contributed by atoms with van der Waals surface area (Å²) in [5.41, 5.74) is 3.28. The van der Waals surface area contributed by atoms with Crippen molar-refractivity contribution in [3.63, 3.8) is 0 Å². The fraction of sp³-hybridized carbons (Fsp3) is 0.0870. The molecule has 0 fully saturated rings. The third kappa shape index (κ3) is 5.10. The zero-order valence-corrected chi connectivity index (χ0v) is 19.1. The van der Waals surface area contributed by atoms with Crippen LogP contribution in [0.3, 0.4) is 0 Å². The molecule has 0 spiro atoms. The van der Waals surface area contributed by atoms with Gasteiger partial charge in [-0.05, 0) is 36.4 Å².